The van der Waals surface area contributed by atoms with E-state index in [0.29, 0.717) is 5.02 Å². The number of nitrogens with zero attached hydrogens (tertiary/aromatic N) is 2. The van der Waals surface area contributed by atoms with E-state index in [1.54, 1.807) is 18.2 Å². The highest BCUT2D eigenvalue weighted by atomic mass is 79.9. The van der Waals surface area contributed by atoms with Crippen LogP contribution in [0.15, 0.2) is 28.9 Å². The Kier molecular flexibility index (Phi) is 3.44. The van der Waals surface area contributed by atoms with Crippen LogP contribution in [0.1, 0.15) is 0 Å². The molecular weight excluding hydrogens is 312 g/mol. The van der Waals surface area contributed by atoms with Gasteiger partial charge in [0.2, 0.25) is 11.8 Å². The molecular formula is C10H6BrClFN3O. The number of rotatable bonds is 2. The van der Waals surface area contributed by atoms with E-state index in [1.807, 2.05) is 0 Å². The van der Waals surface area contributed by atoms with Crippen LogP contribution in [0.2, 0.25) is 5.02 Å². The summed E-state index contributed by atoms with van der Waals surface area (Å²) in [4.78, 5) is 7.12. The number of nitrogens with two attached hydrogens (primary N) is 1. The lowest BCUT2D eigenvalue weighted by Crippen LogP contribution is -1.99. The van der Waals surface area contributed by atoms with Crippen molar-refractivity contribution < 1.29 is 9.13 Å². The van der Waals surface area contributed by atoms with Gasteiger partial charge in [0.05, 0.1) is 11.2 Å². The van der Waals surface area contributed by atoms with Crippen molar-refractivity contribution in [2.45, 2.75) is 0 Å². The summed E-state index contributed by atoms with van der Waals surface area (Å²) >= 11 is 9.15. The molecule has 0 aliphatic rings. The Morgan fingerprint density at radius 3 is 2.94 bits per heavy atom. The molecule has 0 aliphatic carbocycles. The van der Waals surface area contributed by atoms with Gasteiger partial charge in [-0.3, -0.25) is 0 Å². The number of hydrogen-bond acceptors (Lipinski definition) is 4. The Balaban J connectivity index is 2.37. The zero-order valence-corrected chi connectivity index (χ0v) is 10.7. The summed E-state index contributed by atoms with van der Waals surface area (Å²) < 4.78 is 19.3. The first-order chi connectivity index (χ1) is 8.06. The monoisotopic (exact) mass is 317 g/mol. The normalized spacial score (nSPS) is 10.3. The SMILES string of the molecule is Nc1ncc(F)c(Oc2cc(Br)ccc2Cl)n1. The molecule has 2 N–H and O–H groups in total. The molecule has 0 radical (unpaired) electrons. The van der Waals surface area contributed by atoms with Crippen molar-refractivity contribution in [3.63, 3.8) is 0 Å². The van der Waals surface area contributed by atoms with Crippen LogP contribution in [-0.4, -0.2) is 9.97 Å². The highest BCUT2D eigenvalue weighted by Gasteiger charge is 2.10. The van der Waals surface area contributed by atoms with Crippen molar-refractivity contribution in [3.8, 4) is 11.6 Å². The average Bonchev–Trinajstić information content (AvgIpc) is 2.28. The molecule has 2 aromatic rings. The van der Waals surface area contributed by atoms with E-state index in [1.165, 1.54) is 0 Å². The standard InChI is InChI=1S/C10H6BrClFN3O/c11-5-1-2-6(12)8(3-5)17-9-7(13)4-15-10(14)16-9/h1-4H,(H2,14,15,16). The molecule has 1 heterocycles. The van der Waals surface area contributed by atoms with Gasteiger partial charge in [-0.05, 0) is 18.2 Å². The highest BCUT2D eigenvalue weighted by Crippen LogP contribution is 2.32. The molecule has 17 heavy (non-hydrogen) atoms. The van der Waals surface area contributed by atoms with Crippen LogP contribution >= 0.6 is 27.5 Å². The number of benzene rings is 1. The van der Waals surface area contributed by atoms with E-state index in [0.717, 1.165) is 10.7 Å². The molecule has 0 bridgehead atoms. The maximum atomic E-state index is 13.3. The Bertz CT molecular complexity index is 518. The fourth-order valence-corrected chi connectivity index (χ4v) is 1.59. The van der Waals surface area contributed by atoms with E-state index in [9.17, 15) is 4.39 Å². The number of nitrogen functional groups attached to an aromatic ring is 1. The van der Waals surface area contributed by atoms with Gasteiger partial charge in [0.1, 0.15) is 5.75 Å². The number of halogens is 3. The van der Waals surface area contributed by atoms with E-state index in [-0.39, 0.29) is 17.6 Å². The van der Waals surface area contributed by atoms with Gasteiger partial charge < -0.3 is 10.5 Å². The largest absolute Gasteiger partial charge is 0.435 e. The summed E-state index contributed by atoms with van der Waals surface area (Å²) in [6, 6.07) is 4.95. The van der Waals surface area contributed by atoms with Crippen LogP contribution in [0.5, 0.6) is 11.6 Å². The van der Waals surface area contributed by atoms with E-state index >= 15 is 0 Å². The summed E-state index contributed by atoms with van der Waals surface area (Å²) in [5.74, 6) is -0.779. The van der Waals surface area contributed by atoms with E-state index < -0.39 is 5.82 Å². The molecule has 0 aliphatic heterocycles. The molecule has 88 valence electrons. The van der Waals surface area contributed by atoms with Gasteiger partial charge in [-0.25, -0.2) is 4.98 Å². The van der Waals surface area contributed by atoms with Gasteiger partial charge in [-0.2, -0.15) is 9.37 Å². The lowest BCUT2D eigenvalue weighted by atomic mass is 10.3. The molecule has 1 aromatic carbocycles. The number of aromatic nitrogens is 2. The quantitative estimate of drug-likeness (QED) is 0.922. The first kappa shape index (κ1) is 12.1. The molecule has 7 heteroatoms. The predicted octanol–water partition coefficient (Wildman–Crippen LogP) is 3.41. The molecule has 4 nitrogen and oxygen atoms in total. The number of hydrogen-bond donors (Lipinski definition) is 1. The van der Waals surface area contributed by atoms with Gasteiger partial charge in [0.15, 0.2) is 0 Å². The number of anilines is 1. The van der Waals surface area contributed by atoms with Gasteiger partial charge in [-0.1, -0.05) is 27.5 Å². The zero-order chi connectivity index (χ0) is 12.4. The summed E-state index contributed by atoms with van der Waals surface area (Å²) in [5, 5.41) is 0.338. The average molecular weight is 319 g/mol. The second-order valence-corrected chi connectivity index (χ2v) is 4.38. The molecule has 1 aromatic heterocycles. The smallest absolute Gasteiger partial charge is 0.260 e. The Morgan fingerprint density at radius 1 is 1.41 bits per heavy atom. The lowest BCUT2D eigenvalue weighted by Gasteiger charge is -2.07. The van der Waals surface area contributed by atoms with Gasteiger partial charge >= 0.3 is 0 Å². The highest BCUT2D eigenvalue weighted by molar-refractivity contribution is 9.10. The third-order valence-corrected chi connectivity index (χ3v) is 2.64. The second-order valence-electron chi connectivity index (χ2n) is 3.06. The van der Waals surface area contributed by atoms with Crippen molar-refractivity contribution >= 4 is 33.5 Å². The van der Waals surface area contributed by atoms with Crippen LogP contribution in [0.3, 0.4) is 0 Å². The third-order valence-electron chi connectivity index (χ3n) is 1.83. The molecule has 2 rings (SSSR count). The van der Waals surface area contributed by atoms with Crippen LogP contribution < -0.4 is 10.5 Å². The van der Waals surface area contributed by atoms with Crippen LogP contribution in [-0.2, 0) is 0 Å². The summed E-state index contributed by atoms with van der Waals surface area (Å²) in [6.07, 6.45) is 0.934. The van der Waals surface area contributed by atoms with Gasteiger partial charge in [0.25, 0.3) is 5.88 Å². The second kappa shape index (κ2) is 4.85. The first-order valence-corrected chi connectivity index (χ1v) is 5.64. The van der Waals surface area contributed by atoms with Crippen molar-refractivity contribution in [2.75, 3.05) is 5.73 Å². The first-order valence-electron chi connectivity index (χ1n) is 4.47. The zero-order valence-electron chi connectivity index (χ0n) is 8.32. The van der Waals surface area contributed by atoms with Crippen LogP contribution in [0.25, 0.3) is 0 Å². The summed E-state index contributed by atoms with van der Waals surface area (Å²) in [7, 11) is 0. The van der Waals surface area contributed by atoms with Crippen molar-refractivity contribution in [3.05, 3.63) is 39.7 Å². The fourth-order valence-electron chi connectivity index (χ4n) is 1.10. The van der Waals surface area contributed by atoms with Gasteiger partial charge in [-0.15, -0.1) is 0 Å². The minimum absolute atomic E-state index is 0.0764. The Hall–Kier alpha value is -1.40. The maximum Gasteiger partial charge on any atom is 0.260 e. The molecule has 0 spiro atoms. The predicted molar refractivity (Wildman–Crippen MR) is 65.6 cm³/mol. The summed E-state index contributed by atoms with van der Waals surface area (Å²) in [6.45, 7) is 0. The minimum atomic E-state index is -0.713. The third kappa shape index (κ3) is 2.83. The van der Waals surface area contributed by atoms with Crippen LogP contribution in [0, 0.1) is 5.82 Å². The van der Waals surface area contributed by atoms with Crippen molar-refractivity contribution in [2.24, 2.45) is 0 Å². The molecule has 0 amide bonds. The van der Waals surface area contributed by atoms with Gasteiger partial charge in [0, 0.05) is 4.47 Å². The topological polar surface area (TPSA) is 61.0 Å². The lowest BCUT2D eigenvalue weighted by molar-refractivity contribution is 0.421. The number of ether oxygens (including phenoxy) is 1. The van der Waals surface area contributed by atoms with Crippen LogP contribution in [0.4, 0.5) is 10.3 Å². The fraction of sp³-hybridized carbons (Fsp3) is 0. The molecule has 0 atom stereocenters. The maximum absolute atomic E-state index is 13.3. The molecule has 0 fully saturated rings. The minimum Gasteiger partial charge on any atom is -0.435 e. The molecule has 0 unspecified atom stereocenters. The Labute approximate surface area is 110 Å². The van der Waals surface area contributed by atoms with E-state index in [4.69, 9.17) is 22.1 Å². The van der Waals surface area contributed by atoms with Crippen molar-refractivity contribution in [1.82, 2.24) is 9.97 Å². The molecule has 0 saturated heterocycles. The Morgan fingerprint density at radius 2 is 2.18 bits per heavy atom. The van der Waals surface area contributed by atoms with E-state index in [2.05, 4.69) is 25.9 Å². The van der Waals surface area contributed by atoms with Crippen molar-refractivity contribution in [1.29, 1.82) is 0 Å². The molecule has 0 saturated carbocycles. The summed E-state index contributed by atoms with van der Waals surface area (Å²) in [5.41, 5.74) is 5.34.